The number of aliphatic hydroxyl groups excluding tert-OH is 1. The van der Waals surface area contributed by atoms with E-state index in [0.717, 1.165) is 11.1 Å². The Labute approximate surface area is 172 Å². The highest BCUT2D eigenvalue weighted by atomic mass is 79.9. The van der Waals surface area contributed by atoms with Crippen LogP contribution < -0.4 is 9.64 Å². The van der Waals surface area contributed by atoms with Crippen LogP contribution in [0.2, 0.25) is 5.02 Å². The van der Waals surface area contributed by atoms with Crippen LogP contribution in [0.15, 0.2) is 16.7 Å². The van der Waals surface area contributed by atoms with E-state index in [0.29, 0.717) is 15.4 Å². The van der Waals surface area contributed by atoms with Crippen molar-refractivity contribution in [2.24, 2.45) is 0 Å². The number of hydrogen-bond acceptors (Lipinski definition) is 7. The maximum Gasteiger partial charge on any atom is 0.407 e. The van der Waals surface area contributed by atoms with Gasteiger partial charge in [-0.3, -0.25) is 10.1 Å². The Morgan fingerprint density at radius 1 is 1.54 bits per heavy atom. The molecule has 0 radical (unpaired) electrons. The van der Waals surface area contributed by atoms with Crippen LogP contribution in [0.1, 0.15) is 0 Å². The number of piperazine rings is 1. The minimum Gasteiger partial charge on any atom is -0.494 e. The van der Waals surface area contributed by atoms with Crippen LogP contribution in [-0.4, -0.2) is 70.5 Å². The molecule has 2 aromatic rings. The fourth-order valence-corrected chi connectivity index (χ4v) is 3.96. The van der Waals surface area contributed by atoms with Gasteiger partial charge < -0.3 is 24.7 Å². The van der Waals surface area contributed by atoms with E-state index < -0.39 is 23.7 Å². The van der Waals surface area contributed by atoms with Crippen molar-refractivity contribution in [2.45, 2.75) is 6.04 Å². The second-order valence-electron chi connectivity index (χ2n) is 6.11. The van der Waals surface area contributed by atoms with E-state index in [1.807, 2.05) is 0 Å². The van der Waals surface area contributed by atoms with E-state index >= 15 is 0 Å². The van der Waals surface area contributed by atoms with Crippen molar-refractivity contribution < 1.29 is 24.7 Å². The molecule has 28 heavy (non-hydrogen) atoms. The number of halogens is 2. The number of rotatable bonds is 4. The number of anilines is 1. The molecule has 2 heterocycles. The summed E-state index contributed by atoms with van der Waals surface area (Å²) in [6, 6.07) is 0.941. The lowest BCUT2D eigenvalue weighted by Gasteiger charge is -2.41. The number of ether oxygens (including phenoxy) is 1. The van der Waals surface area contributed by atoms with Gasteiger partial charge in [-0.05, 0) is 22.0 Å². The SMILES string of the molecule is COc1c(Cl)c(Br)cc2ncc([N+](=O)[O-])c(N3CCN(C(=O)O)C[C@@H]3CO)c12. The predicted octanol–water partition coefficient (Wildman–Crippen LogP) is 2.73. The van der Waals surface area contributed by atoms with Crippen molar-refractivity contribution in [1.82, 2.24) is 9.88 Å². The number of fused-ring (bicyclic) bond motifs is 1. The van der Waals surface area contributed by atoms with Gasteiger partial charge in [0.1, 0.15) is 17.6 Å². The maximum absolute atomic E-state index is 11.7. The summed E-state index contributed by atoms with van der Waals surface area (Å²) in [6.45, 7) is -0.121. The molecule has 1 amide bonds. The van der Waals surface area contributed by atoms with Crippen LogP contribution in [0.5, 0.6) is 5.75 Å². The number of methoxy groups -OCH3 is 1. The average molecular weight is 476 g/mol. The first-order chi connectivity index (χ1) is 13.3. The van der Waals surface area contributed by atoms with Gasteiger partial charge in [-0.25, -0.2) is 9.78 Å². The van der Waals surface area contributed by atoms with Gasteiger partial charge in [0.15, 0.2) is 0 Å². The molecule has 1 atom stereocenters. The molecular formula is C16H16BrClN4O6. The van der Waals surface area contributed by atoms with Crippen LogP contribution in [0.4, 0.5) is 16.2 Å². The monoisotopic (exact) mass is 474 g/mol. The lowest BCUT2D eigenvalue weighted by Crippen LogP contribution is -2.56. The smallest absolute Gasteiger partial charge is 0.407 e. The molecule has 0 unspecified atom stereocenters. The van der Waals surface area contributed by atoms with Crippen molar-refractivity contribution in [3.63, 3.8) is 0 Å². The van der Waals surface area contributed by atoms with Crippen LogP contribution in [-0.2, 0) is 0 Å². The van der Waals surface area contributed by atoms with Gasteiger partial charge in [0, 0.05) is 24.1 Å². The molecule has 0 saturated carbocycles. The summed E-state index contributed by atoms with van der Waals surface area (Å²) in [4.78, 5) is 29.4. The van der Waals surface area contributed by atoms with Gasteiger partial charge in [0.05, 0.1) is 40.6 Å². The normalized spacial score (nSPS) is 17.1. The summed E-state index contributed by atoms with van der Waals surface area (Å²) in [6.07, 6.45) is 0.0203. The van der Waals surface area contributed by atoms with E-state index in [-0.39, 0.29) is 41.8 Å². The van der Waals surface area contributed by atoms with Crippen molar-refractivity contribution in [1.29, 1.82) is 0 Å². The third-order valence-corrected chi connectivity index (χ3v) is 5.84. The van der Waals surface area contributed by atoms with E-state index in [4.69, 9.17) is 16.3 Å². The fraction of sp³-hybridized carbons (Fsp3) is 0.375. The summed E-state index contributed by atoms with van der Waals surface area (Å²) >= 11 is 9.64. The summed E-state index contributed by atoms with van der Waals surface area (Å²) in [7, 11) is 1.39. The molecule has 1 aliphatic rings. The lowest BCUT2D eigenvalue weighted by molar-refractivity contribution is -0.384. The second-order valence-corrected chi connectivity index (χ2v) is 7.34. The number of hydrogen-bond donors (Lipinski definition) is 2. The molecule has 1 aliphatic heterocycles. The fourth-order valence-electron chi connectivity index (χ4n) is 3.34. The first kappa shape index (κ1) is 20.4. The summed E-state index contributed by atoms with van der Waals surface area (Å²) in [5, 5.41) is 31.3. The van der Waals surface area contributed by atoms with Gasteiger partial charge in [-0.1, -0.05) is 11.6 Å². The number of carboxylic acid groups (broad SMARTS) is 1. The third-order valence-electron chi connectivity index (χ3n) is 4.61. The number of pyridine rings is 1. The van der Waals surface area contributed by atoms with Crippen molar-refractivity contribution in [3.8, 4) is 5.75 Å². The molecule has 3 rings (SSSR count). The Hall–Kier alpha value is -2.37. The number of nitrogens with zero attached hydrogens (tertiary/aromatic N) is 4. The molecule has 0 bridgehead atoms. The zero-order valence-corrected chi connectivity index (χ0v) is 17.0. The van der Waals surface area contributed by atoms with Crippen molar-refractivity contribution in [2.75, 3.05) is 38.3 Å². The zero-order valence-electron chi connectivity index (χ0n) is 14.6. The predicted molar refractivity (Wildman–Crippen MR) is 105 cm³/mol. The largest absolute Gasteiger partial charge is 0.494 e. The Morgan fingerprint density at radius 3 is 2.82 bits per heavy atom. The molecule has 0 aliphatic carbocycles. The highest BCUT2D eigenvalue weighted by Crippen LogP contribution is 2.46. The Kier molecular flexibility index (Phi) is 5.77. The van der Waals surface area contributed by atoms with Crippen LogP contribution in [0, 0.1) is 10.1 Å². The summed E-state index contributed by atoms with van der Waals surface area (Å²) < 4.78 is 5.93. The number of carbonyl (C=O) groups is 1. The van der Waals surface area contributed by atoms with Crippen LogP contribution in [0.25, 0.3) is 10.9 Å². The Morgan fingerprint density at radius 2 is 2.25 bits per heavy atom. The van der Waals surface area contributed by atoms with Crippen LogP contribution in [0.3, 0.4) is 0 Å². The molecular weight excluding hydrogens is 460 g/mol. The summed E-state index contributed by atoms with van der Waals surface area (Å²) in [5.74, 6) is 0.203. The second kappa shape index (κ2) is 7.94. The van der Waals surface area contributed by atoms with Gasteiger partial charge in [0.25, 0.3) is 0 Å². The minimum absolute atomic E-state index is 0.000616. The third kappa shape index (κ3) is 3.40. The van der Waals surface area contributed by atoms with Crippen molar-refractivity contribution in [3.05, 3.63) is 31.9 Å². The zero-order chi connectivity index (χ0) is 20.6. The molecule has 1 fully saturated rings. The van der Waals surface area contributed by atoms with Gasteiger partial charge >= 0.3 is 11.8 Å². The maximum atomic E-state index is 11.7. The van der Waals surface area contributed by atoms with E-state index in [1.54, 1.807) is 11.0 Å². The standard InChI is InChI=1S/C16H16BrClN4O6/c1-28-15-12-10(4-9(17)13(15)18)19-5-11(22(26)27)14(12)21-3-2-20(16(24)25)6-8(21)7-23/h4-5,8,23H,2-3,6-7H2,1H3,(H,24,25)/t8-/m1/s1. The number of aliphatic hydroxyl groups is 1. The van der Waals surface area contributed by atoms with Gasteiger partial charge in [-0.2, -0.15) is 0 Å². The van der Waals surface area contributed by atoms with Crippen LogP contribution >= 0.6 is 27.5 Å². The number of amides is 1. The number of benzene rings is 1. The lowest BCUT2D eigenvalue weighted by atomic mass is 10.1. The van der Waals surface area contributed by atoms with E-state index in [9.17, 15) is 25.1 Å². The average Bonchev–Trinajstić information content (AvgIpc) is 2.67. The first-order valence-electron chi connectivity index (χ1n) is 8.14. The minimum atomic E-state index is -1.11. The highest BCUT2D eigenvalue weighted by molar-refractivity contribution is 9.10. The Bertz CT molecular complexity index is 959. The molecule has 0 spiro atoms. The molecule has 10 nitrogen and oxygen atoms in total. The number of nitro groups is 1. The van der Waals surface area contributed by atoms with Crippen molar-refractivity contribution >= 4 is 55.9 Å². The van der Waals surface area contributed by atoms with Gasteiger partial charge in [-0.15, -0.1) is 0 Å². The highest BCUT2D eigenvalue weighted by Gasteiger charge is 2.35. The molecule has 2 N–H and O–H groups in total. The summed E-state index contributed by atoms with van der Waals surface area (Å²) in [5.41, 5.74) is 0.308. The van der Waals surface area contributed by atoms with E-state index in [2.05, 4.69) is 20.9 Å². The molecule has 150 valence electrons. The molecule has 12 heteroatoms. The Balaban J connectivity index is 2.28. The molecule has 1 aromatic carbocycles. The molecule has 1 saturated heterocycles. The molecule has 1 aromatic heterocycles. The quantitative estimate of drug-likeness (QED) is 0.510. The van der Waals surface area contributed by atoms with Gasteiger partial charge in [0.2, 0.25) is 0 Å². The number of aromatic nitrogens is 1. The first-order valence-corrected chi connectivity index (χ1v) is 9.31. The topological polar surface area (TPSA) is 129 Å². The van der Waals surface area contributed by atoms with E-state index in [1.165, 1.54) is 7.11 Å².